The summed E-state index contributed by atoms with van der Waals surface area (Å²) in [6.07, 6.45) is 0. The molecule has 0 aliphatic carbocycles. The number of rotatable bonds is 4. The Kier molecular flexibility index (Phi) is 4.76. The molecule has 1 aromatic carbocycles. The lowest BCUT2D eigenvalue weighted by Gasteiger charge is -2.11. The number of nitriles is 1. The maximum Gasteiger partial charge on any atom is 0.359 e. The van der Waals surface area contributed by atoms with Crippen molar-refractivity contribution in [3.63, 3.8) is 0 Å². The van der Waals surface area contributed by atoms with Crippen molar-refractivity contribution in [1.82, 2.24) is 9.78 Å². The first-order chi connectivity index (χ1) is 11.0. The van der Waals surface area contributed by atoms with Crippen molar-refractivity contribution < 1.29 is 14.3 Å². The van der Waals surface area contributed by atoms with E-state index < -0.39 is 11.5 Å². The van der Waals surface area contributed by atoms with Crippen LogP contribution in [-0.2, 0) is 4.74 Å². The number of hydrogen-bond donors (Lipinski definition) is 0. The third-order valence-electron chi connectivity index (χ3n) is 3.23. The Hall–Kier alpha value is -3.14. The number of methoxy groups -OCH3 is 1. The maximum absolute atomic E-state index is 12.4. The van der Waals surface area contributed by atoms with Crippen molar-refractivity contribution in [3.05, 3.63) is 51.4 Å². The van der Waals surface area contributed by atoms with E-state index in [9.17, 15) is 14.9 Å². The minimum Gasteiger partial charge on any atom is -0.497 e. The lowest BCUT2D eigenvalue weighted by Crippen LogP contribution is -2.28. The van der Waals surface area contributed by atoms with E-state index in [0.717, 1.165) is 4.68 Å². The Morgan fingerprint density at radius 3 is 2.52 bits per heavy atom. The monoisotopic (exact) mass is 313 g/mol. The normalized spacial score (nSPS) is 10.0. The van der Waals surface area contributed by atoms with Crippen molar-refractivity contribution in [3.8, 4) is 17.5 Å². The standard InChI is InChI=1S/C16H15N3O4/c1-4-23-16(21)14-10(2)13(9-17)15(20)19(18-14)11-5-7-12(22-3)8-6-11/h5-8H,4H2,1-3H3. The summed E-state index contributed by atoms with van der Waals surface area (Å²) in [6, 6.07) is 8.35. The van der Waals surface area contributed by atoms with E-state index in [4.69, 9.17) is 9.47 Å². The first-order valence-electron chi connectivity index (χ1n) is 6.89. The Bertz CT molecular complexity index is 832. The third kappa shape index (κ3) is 3.06. The highest BCUT2D eigenvalue weighted by Crippen LogP contribution is 2.15. The van der Waals surface area contributed by atoms with Gasteiger partial charge in [-0.15, -0.1) is 0 Å². The largest absolute Gasteiger partial charge is 0.497 e. The van der Waals surface area contributed by atoms with E-state index >= 15 is 0 Å². The summed E-state index contributed by atoms with van der Waals surface area (Å²) in [4.78, 5) is 24.4. The molecule has 7 nitrogen and oxygen atoms in total. The van der Waals surface area contributed by atoms with Gasteiger partial charge in [-0.1, -0.05) is 0 Å². The zero-order valence-electron chi connectivity index (χ0n) is 13.0. The van der Waals surface area contributed by atoms with Crippen LogP contribution >= 0.6 is 0 Å². The van der Waals surface area contributed by atoms with E-state index in [2.05, 4.69) is 5.10 Å². The van der Waals surface area contributed by atoms with Gasteiger partial charge >= 0.3 is 5.97 Å². The minimum absolute atomic E-state index is 0.0566. The molecule has 2 aromatic rings. The van der Waals surface area contributed by atoms with E-state index in [1.54, 1.807) is 31.2 Å². The quantitative estimate of drug-likeness (QED) is 0.796. The lowest BCUT2D eigenvalue weighted by molar-refractivity contribution is 0.0516. The van der Waals surface area contributed by atoms with Crippen LogP contribution in [0.1, 0.15) is 28.5 Å². The van der Waals surface area contributed by atoms with Crippen LogP contribution in [0, 0.1) is 18.3 Å². The number of hydrogen-bond acceptors (Lipinski definition) is 6. The number of aromatic nitrogens is 2. The summed E-state index contributed by atoms with van der Waals surface area (Å²) in [5.74, 6) is -0.0659. The van der Waals surface area contributed by atoms with Crippen molar-refractivity contribution >= 4 is 5.97 Å². The Morgan fingerprint density at radius 2 is 2.00 bits per heavy atom. The minimum atomic E-state index is -0.677. The van der Waals surface area contributed by atoms with Gasteiger partial charge in [0.1, 0.15) is 17.4 Å². The van der Waals surface area contributed by atoms with Crippen LogP contribution in [0.3, 0.4) is 0 Å². The van der Waals surface area contributed by atoms with Gasteiger partial charge in [0.15, 0.2) is 5.69 Å². The number of benzene rings is 1. The van der Waals surface area contributed by atoms with Gasteiger partial charge in [-0.25, -0.2) is 4.79 Å². The molecule has 2 rings (SSSR count). The van der Waals surface area contributed by atoms with Gasteiger partial charge < -0.3 is 9.47 Å². The van der Waals surface area contributed by atoms with Crippen molar-refractivity contribution in [2.75, 3.05) is 13.7 Å². The molecule has 0 fully saturated rings. The van der Waals surface area contributed by atoms with Gasteiger partial charge in [0.05, 0.1) is 19.4 Å². The van der Waals surface area contributed by atoms with Crippen LogP contribution in [0.15, 0.2) is 29.1 Å². The zero-order valence-corrected chi connectivity index (χ0v) is 13.0. The van der Waals surface area contributed by atoms with Crippen molar-refractivity contribution in [1.29, 1.82) is 5.26 Å². The molecule has 0 spiro atoms. The third-order valence-corrected chi connectivity index (χ3v) is 3.23. The summed E-state index contributed by atoms with van der Waals surface area (Å²) in [5.41, 5.74) is -0.167. The van der Waals surface area contributed by atoms with Gasteiger partial charge in [-0.05, 0) is 38.1 Å². The molecule has 0 saturated carbocycles. The summed E-state index contributed by atoms with van der Waals surface area (Å²) < 4.78 is 11.0. The van der Waals surface area contributed by atoms with Gasteiger partial charge in [-0.2, -0.15) is 15.0 Å². The zero-order chi connectivity index (χ0) is 17.0. The fraction of sp³-hybridized carbons (Fsp3) is 0.250. The van der Waals surface area contributed by atoms with Crippen molar-refractivity contribution in [2.45, 2.75) is 13.8 Å². The predicted molar refractivity (Wildman–Crippen MR) is 81.8 cm³/mol. The van der Waals surface area contributed by atoms with Gasteiger partial charge in [0, 0.05) is 5.56 Å². The first-order valence-corrected chi connectivity index (χ1v) is 6.89. The fourth-order valence-corrected chi connectivity index (χ4v) is 2.03. The van der Waals surface area contributed by atoms with Crippen LogP contribution in [-0.4, -0.2) is 29.5 Å². The predicted octanol–water partition coefficient (Wildman–Crippen LogP) is 1.60. The van der Waals surface area contributed by atoms with Gasteiger partial charge in [0.25, 0.3) is 5.56 Å². The smallest absolute Gasteiger partial charge is 0.359 e. The van der Waals surface area contributed by atoms with Gasteiger partial charge in [-0.3, -0.25) is 4.79 Å². The molecule has 0 amide bonds. The fourth-order valence-electron chi connectivity index (χ4n) is 2.03. The lowest BCUT2D eigenvalue weighted by atomic mass is 10.1. The molecule has 0 unspecified atom stereocenters. The van der Waals surface area contributed by atoms with E-state index in [1.165, 1.54) is 14.0 Å². The molecule has 0 aliphatic rings. The van der Waals surface area contributed by atoms with E-state index in [-0.39, 0.29) is 23.4 Å². The Balaban J connectivity index is 2.67. The number of esters is 1. The van der Waals surface area contributed by atoms with Gasteiger partial charge in [0.2, 0.25) is 0 Å². The maximum atomic E-state index is 12.4. The molecule has 0 radical (unpaired) electrons. The molecule has 118 valence electrons. The first kappa shape index (κ1) is 16.2. The van der Waals surface area contributed by atoms with Crippen LogP contribution in [0.4, 0.5) is 0 Å². The Labute approximate surface area is 132 Å². The van der Waals surface area contributed by atoms with E-state index in [0.29, 0.717) is 11.4 Å². The molecule has 0 atom stereocenters. The molecule has 1 aromatic heterocycles. The number of nitrogens with zero attached hydrogens (tertiary/aromatic N) is 3. The Morgan fingerprint density at radius 1 is 1.35 bits per heavy atom. The average Bonchev–Trinajstić information content (AvgIpc) is 2.56. The highest BCUT2D eigenvalue weighted by Gasteiger charge is 2.21. The molecule has 0 bridgehead atoms. The molecule has 23 heavy (non-hydrogen) atoms. The van der Waals surface area contributed by atoms with E-state index in [1.807, 2.05) is 6.07 Å². The molecule has 0 saturated heterocycles. The number of carbonyl (C=O) groups excluding carboxylic acids is 1. The summed E-state index contributed by atoms with van der Waals surface area (Å²) >= 11 is 0. The molecule has 7 heteroatoms. The molecule has 1 heterocycles. The van der Waals surface area contributed by atoms with Crippen LogP contribution in [0.2, 0.25) is 0 Å². The summed E-state index contributed by atoms with van der Waals surface area (Å²) in [5, 5.41) is 13.3. The summed E-state index contributed by atoms with van der Waals surface area (Å²) in [7, 11) is 1.53. The number of carbonyl (C=O) groups is 1. The van der Waals surface area contributed by atoms with Crippen LogP contribution < -0.4 is 10.3 Å². The second kappa shape index (κ2) is 6.75. The number of ether oxygens (including phenoxy) is 2. The summed E-state index contributed by atoms with van der Waals surface area (Å²) in [6.45, 7) is 3.33. The van der Waals surface area contributed by atoms with Crippen LogP contribution in [0.5, 0.6) is 5.75 Å². The SMILES string of the molecule is CCOC(=O)c1nn(-c2ccc(OC)cc2)c(=O)c(C#N)c1C. The average molecular weight is 313 g/mol. The second-order valence-electron chi connectivity index (χ2n) is 4.60. The molecule has 0 N–H and O–H groups in total. The molecular weight excluding hydrogens is 298 g/mol. The topological polar surface area (TPSA) is 94.2 Å². The van der Waals surface area contributed by atoms with Crippen molar-refractivity contribution in [2.24, 2.45) is 0 Å². The molecular formula is C16H15N3O4. The highest BCUT2D eigenvalue weighted by atomic mass is 16.5. The van der Waals surface area contributed by atoms with Crippen LogP contribution in [0.25, 0.3) is 5.69 Å². The second-order valence-corrected chi connectivity index (χ2v) is 4.60. The highest BCUT2D eigenvalue weighted by molar-refractivity contribution is 5.89. The molecule has 0 aliphatic heterocycles.